The van der Waals surface area contributed by atoms with E-state index in [0.29, 0.717) is 22.8 Å². The van der Waals surface area contributed by atoms with E-state index < -0.39 is 0 Å². The molecule has 0 saturated heterocycles. The van der Waals surface area contributed by atoms with Crippen molar-refractivity contribution >= 4 is 10.8 Å². The Hall–Kier alpha value is -1.96. The van der Waals surface area contributed by atoms with Gasteiger partial charge in [0, 0.05) is 10.9 Å². The van der Waals surface area contributed by atoms with Crippen molar-refractivity contribution in [3.05, 3.63) is 47.0 Å². The number of fused-ring (bicyclic) bond motifs is 1. The van der Waals surface area contributed by atoms with Crippen LogP contribution >= 0.6 is 0 Å². The molecule has 1 N–H and O–H groups in total. The second kappa shape index (κ2) is 13.7. The molecule has 2 rings (SSSR count). The van der Waals surface area contributed by atoms with Crippen LogP contribution in [-0.2, 0) is 6.42 Å². The van der Waals surface area contributed by atoms with Crippen molar-refractivity contribution in [3.8, 4) is 11.5 Å². The van der Waals surface area contributed by atoms with Crippen LogP contribution in [0.3, 0.4) is 0 Å². The number of hydrogen-bond donors (Lipinski definition) is 1. The minimum atomic E-state index is 0.0347. The van der Waals surface area contributed by atoms with Gasteiger partial charge < -0.3 is 10.2 Å². The van der Waals surface area contributed by atoms with Crippen molar-refractivity contribution in [2.24, 2.45) is 17.8 Å². The van der Waals surface area contributed by atoms with E-state index in [1.807, 2.05) is 25.1 Å². The van der Waals surface area contributed by atoms with Crippen LogP contribution in [0.2, 0.25) is 0 Å². The summed E-state index contributed by atoms with van der Waals surface area (Å²) >= 11 is 0. The summed E-state index contributed by atoms with van der Waals surface area (Å²) in [5.74, 6) is 2.79. The van der Waals surface area contributed by atoms with Crippen LogP contribution in [0.5, 0.6) is 11.5 Å². The summed E-state index contributed by atoms with van der Waals surface area (Å²) < 4.78 is 0. The highest BCUT2D eigenvalue weighted by molar-refractivity contribution is 5.95. The summed E-state index contributed by atoms with van der Waals surface area (Å²) in [6.45, 7) is 13.5. The Labute approximate surface area is 203 Å². The lowest BCUT2D eigenvalue weighted by Crippen LogP contribution is -2.01. The number of phenolic OH excluding ortho intramolecular Hbond substituents is 1. The molecule has 0 saturated carbocycles. The fourth-order valence-corrected chi connectivity index (χ4v) is 4.90. The van der Waals surface area contributed by atoms with Crippen LogP contribution in [-0.4, -0.2) is 5.11 Å². The smallest absolute Gasteiger partial charge is 0.127 e. The molecule has 0 bridgehead atoms. The Kier molecular flexibility index (Phi) is 11.3. The fraction of sp³-hybridized carbons (Fsp3) is 0.613. The van der Waals surface area contributed by atoms with Crippen LogP contribution in [0, 0.1) is 24.7 Å². The minimum Gasteiger partial charge on any atom is -0.872 e. The molecule has 0 aliphatic rings. The number of hydrogen-bond acceptors (Lipinski definition) is 2. The van der Waals surface area contributed by atoms with Gasteiger partial charge in [0.05, 0.1) is 0 Å². The van der Waals surface area contributed by atoms with Gasteiger partial charge >= 0.3 is 0 Å². The van der Waals surface area contributed by atoms with E-state index in [0.717, 1.165) is 29.7 Å². The van der Waals surface area contributed by atoms with Gasteiger partial charge in [0.1, 0.15) is 5.75 Å². The summed E-state index contributed by atoms with van der Waals surface area (Å²) in [6.07, 6.45) is 14.6. The molecular formula is C31H47O2-. The Morgan fingerprint density at radius 1 is 0.879 bits per heavy atom. The maximum Gasteiger partial charge on any atom is 0.127 e. The number of allylic oxidation sites excluding steroid dienone is 2. The van der Waals surface area contributed by atoms with Crippen molar-refractivity contribution in [3.63, 3.8) is 0 Å². The van der Waals surface area contributed by atoms with Crippen molar-refractivity contribution in [2.45, 2.75) is 106 Å². The largest absolute Gasteiger partial charge is 0.872 e. The second-order valence-electron chi connectivity index (χ2n) is 10.9. The highest BCUT2D eigenvalue weighted by atomic mass is 16.3. The fourth-order valence-electron chi connectivity index (χ4n) is 4.90. The van der Waals surface area contributed by atoms with Gasteiger partial charge in [0.15, 0.2) is 0 Å². The lowest BCUT2D eigenvalue weighted by atomic mass is 9.91. The van der Waals surface area contributed by atoms with E-state index in [-0.39, 0.29) is 11.5 Å². The first kappa shape index (κ1) is 27.3. The molecule has 0 radical (unpaired) electrons. The number of rotatable bonds is 14. The van der Waals surface area contributed by atoms with Gasteiger partial charge in [0.2, 0.25) is 0 Å². The van der Waals surface area contributed by atoms with Crippen LogP contribution in [0.25, 0.3) is 10.8 Å². The molecule has 0 spiro atoms. The predicted molar refractivity (Wildman–Crippen MR) is 142 cm³/mol. The summed E-state index contributed by atoms with van der Waals surface area (Å²) in [7, 11) is 0. The van der Waals surface area contributed by atoms with E-state index >= 15 is 0 Å². The third kappa shape index (κ3) is 8.72. The first-order chi connectivity index (χ1) is 15.7. The molecule has 0 heterocycles. The Bertz CT molecular complexity index is 893. The average molecular weight is 452 g/mol. The number of aromatic hydroxyl groups is 1. The number of phenols is 1. The Morgan fingerprint density at radius 3 is 2.03 bits per heavy atom. The minimum absolute atomic E-state index is 0.0347. The summed E-state index contributed by atoms with van der Waals surface area (Å²) in [5.41, 5.74) is 2.79. The second-order valence-corrected chi connectivity index (χ2v) is 10.9. The lowest BCUT2D eigenvalue weighted by Gasteiger charge is -2.20. The highest BCUT2D eigenvalue weighted by Gasteiger charge is 2.11. The summed E-state index contributed by atoms with van der Waals surface area (Å²) in [4.78, 5) is 0. The third-order valence-electron chi connectivity index (χ3n) is 7.30. The zero-order valence-corrected chi connectivity index (χ0v) is 22.0. The third-order valence-corrected chi connectivity index (χ3v) is 7.30. The number of benzene rings is 2. The van der Waals surface area contributed by atoms with Crippen molar-refractivity contribution < 1.29 is 10.2 Å². The maximum absolute atomic E-state index is 12.7. The standard InChI is InChI=1S/C31H48O2/c1-22(2)12-9-13-23(3)14-10-15-24(4)16-11-17-25(5)20-21-27-26(6)30(32)28-18-7-8-19-29(28)31(27)33/h7-8,18-20,22-24,32-33H,9-17,21H2,1-6H3/p-1/b25-20+. The normalized spacial score (nSPS) is 14.2. The van der Waals surface area contributed by atoms with Crippen LogP contribution in [0.1, 0.15) is 104 Å². The van der Waals surface area contributed by atoms with E-state index in [9.17, 15) is 10.2 Å². The zero-order chi connectivity index (χ0) is 24.4. The van der Waals surface area contributed by atoms with Gasteiger partial charge in [0.25, 0.3) is 0 Å². The summed E-state index contributed by atoms with van der Waals surface area (Å²) in [6, 6.07) is 7.35. The molecule has 2 aromatic rings. The van der Waals surface area contributed by atoms with Crippen LogP contribution in [0.4, 0.5) is 0 Å². The van der Waals surface area contributed by atoms with E-state index in [1.54, 1.807) is 6.07 Å². The summed E-state index contributed by atoms with van der Waals surface area (Å²) in [5, 5.41) is 24.7. The van der Waals surface area contributed by atoms with Crippen molar-refractivity contribution in [2.75, 3.05) is 0 Å². The SMILES string of the molecule is C/C(=C\Cc1c(C)c([O-])c2ccccc2c1O)CCCC(C)CCCC(C)CCCC(C)C. The van der Waals surface area contributed by atoms with Crippen molar-refractivity contribution in [1.82, 2.24) is 0 Å². The van der Waals surface area contributed by atoms with Crippen LogP contribution < -0.4 is 5.11 Å². The monoisotopic (exact) mass is 451 g/mol. The molecule has 0 fully saturated rings. The molecule has 2 heteroatoms. The predicted octanol–water partition coefficient (Wildman–Crippen LogP) is 8.86. The Balaban J connectivity index is 1.75. The van der Waals surface area contributed by atoms with Gasteiger partial charge in [-0.2, -0.15) is 0 Å². The molecule has 2 nitrogen and oxygen atoms in total. The lowest BCUT2D eigenvalue weighted by molar-refractivity contribution is -0.266. The maximum atomic E-state index is 12.7. The molecule has 2 unspecified atom stereocenters. The molecule has 0 amide bonds. The molecule has 0 aliphatic carbocycles. The van der Waals surface area contributed by atoms with Gasteiger partial charge in [-0.05, 0) is 56.2 Å². The topological polar surface area (TPSA) is 43.3 Å². The van der Waals surface area contributed by atoms with E-state index in [2.05, 4.69) is 40.7 Å². The molecule has 2 atom stereocenters. The highest BCUT2D eigenvalue weighted by Crippen LogP contribution is 2.38. The molecular weight excluding hydrogens is 404 g/mol. The van der Waals surface area contributed by atoms with E-state index in [4.69, 9.17) is 0 Å². The van der Waals surface area contributed by atoms with Gasteiger partial charge in [-0.1, -0.05) is 120 Å². The van der Waals surface area contributed by atoms with E-state index in [1.165, 1.54) is 56.9 Å². The molecule has 0 aliphatic heterocycles. The van der Waals surface area contributed by atoms with Gasteiger partial charge in [-0.15, -0.1) is 0 Å². The van der Waals surface area contributed by atoms with Crippen LogP contribution in [0.15, 0.2) is 35.9 Å². The molecule has 184 valence electrons. The first-order valence-electron chi connectivity index (χ1n) is 13.3. The quantitative estimate of drug-likeness (QED) is 0.291. The average Bonchev–Trinajstić information content (AvgIpc) is 2.77. The first-order valence-corrected chi connectivity index (χ1v) is 13.3. The van der Waals surface area contributed by atoms with Gasteiger partial charge in [-0.25, -0.2) is 0 Å². The molecule has 33 heavy (non-hydrogen) atoms. The molecule has 2 aromatic carbocycles. The molecule has 0 aromatic heterocycles. The van der Waals surface area contributed by atoms with Gasteiger partial charge in [-0.3, -0.25) is 0 Å². The zero-order valence-electron chi connectivity index (χ0n) is 22.0. The van der Waals surface area contributed by atoms with Crippen molar-refractivity contribution in [1.29, 1.82) is 0 Å². The Morgan fingerprint density at radius 2 is 1.42 bits per heavy atom.